The molecule has 0 spiro atoms. The lowest BCUT2D eigenvalue weighted by molar-refractivity contribution is -0.195. The largest absolute Gasteiger partial charge is 0.451 e. The van der Waals surface area contributed by atoms with Crippen LogP contribution in [-0.4, -0.2) is 48.8 Å². The molecule has 8 nitrogen and oxygen atoms in total. The van der Waals surface area contributed by atoms with Crippen LogP contribution in [0.5, 0.6) is 0 Å². The van der Waals surface area contributed by atoms with Crippen LogP contribution in [0.1, 0.15) is 20.8 Å². The van der Waals surface area contributed by atoms with Gasteiger partial charge in [-0.25, -0.2) is 19.2 Å². The van der Waals surface area contributed by atoms with E-state index in [-0.39, 0.29) is 13.2 Å². The zero-order valence-electron chi connectivity index (χ0n) is 10.8. The summed E-state index contributed by atoms with van der Waals surface area (Å²) in [6, 6.07) is 0. The Morgan fingerprint density at radius 3 is 2.00 bits per heavy atom. The maximum atomic E-state index is 10.8. The predicted molar refractivity (Wildman–Crippen MR) is 57.6 cm³/mol. The van der Waals surface area contributed by atoms with Crippen LogP contribution in [0.3, 0.4) is 0 Å². The van der Waals surface area contributed by atoms with Crippen molar-refractivity contribution < 1.29 is 38.1 Å². The number of cyclic esters (lactones) is 4. The van der Waals surface area contributed by atoms with Gasteiger partial charge in [-0.05, 0) is 20.8 Å². The molecule has 0 saturated carbocycles. The van der Waals surface area contributed by atoms with E-state index in [1.54, 1.807) is 0 Å². The fourth-order valence-electron chi connectivity index (χ4n) is 1.18. The Morgan fingerprint density at radius 1 is 1.00 bits per heavy atom. The van der Waals surface area contributed by atoms with Gasteiger partial charge in [-0.15, -0.1) is 0 Å². The molecule has 2 saturated heterocycles. The summed E-state index contributed by atoms with van der Waals surface area (Å²) in [6.45, 7) is 3.95. The third-order valence-corrected chi connectivity index (χ3v) is 2.15. The van der Waals surface area contributed by atoms with Crippen LogP contribution in [0.25, 0.3) is 0 Å². The molecule has 2 fully saturated rings. The first-order valence-electron chi connectivity index (χ1n) is 5.47. The molecule has 2 rings (SSSR count). The second-order valence-corrected chi connectivity index (χ2v) is 4.30. The Hall–Kier alpha value is -2.12. The number of carbonyl (C=O) groups is 4. The van der Waals surface area contributed by atoms with Crippen molar-refractivity contribution in [1.29, 1.82) is 0 Å². The second-order valence-electron chi connectivity index (χ2n) is 4.30. The van der Waals surface area contributed by atoms with E-state index in [4.69, 9.17) is 0 Å². The van der Waals surface area contributed by atoms with Crippen LogP contribution in [0.15, 0.2) is 0 Å². The van der Waals surface area contributed by atoms with Gasteiger partial charge < -0.3 is 18.9 Å². The van der Waals surface area contributed by atoms with Crippen LogP contribution in [0.2, 0.25) is 0 Å². The molecule has 0 aliphatic carbocycles. The first-order valence-corrected chi connectivity index (χ1v) is 5.47. The van der Waals surface area contributed by atoms with Crippen LogP contribution in [-0.2, 0) is 38.1 Å². The second kappa shape index (κ2) is 5.68. The Bertz CT molecular complexity index is 411. The third kappa shape index (κ3) is 4.23. The average molecular weight is 274 g/mol. The molecule has 8 heteroatoms. The number of rotatable bonds is 0. The normalized spacial score (nSPS) is 25.1. The molecule has 0 bridgehead atoms. The van der Waals surface area contributed by atoms with Gasteiger partial charge in [-0.2, -0.15) is 0 Å². The first-order chi connectivity index (χ1) is 8.72. The van der Waals surface area contributed by atoms with Gasteiger partial charge in [0.1, 0.15) is 0 Å². The van der Waals surface area contributed by atoms with Gasteiger partial charge in [-0.3, -0.25) is 0 Å². The van der Waals surface area contributed by atoms with Crippen molar-refractivity contribution in [3.05, 3.63) is 0 Å². The van der Waals surface area contributed by atoms with Crippen molar-refractivity contribution in [3.63, 3.8) is 0 Å². The molecule has 0 radical (unpaired) electrons. The lowest BCUT2D eigenvalue weighted by Gasteiger charge is -2.26. The summed E-state index contributed by atoms with van der Waals surface area (Å²) in [7, 11) is 0. The summed E-state index contributed by atoms with van der Waals surface area (Å²) in [5, 5.41) is 0. The van der Waals surface area contributed by atoms with E-state index in [9.17, 15) is 19.2 Å². The predicted octanol–water partition coefficient (Wildman–Crippen LogP) is -0.660. The average Bonchev–Trinajstić information content (AvgIpc) is 2.30. The van der Waals surface area contributed by atoms with Crippen molar-refractivity contribution >= 4 is 23.9 Å². The molecule has 19 heavy (non-hydrogen) atoms. The highest BCUT2D eigenvalue weighted by atomic mass is 16.6. The van der Waals surface area contributed by atoms with E-state index in [1.807, 2.05) is 0 Å². The first kappa shape index (κ1) is 14.9. The molecule has 0 aromatic carbocycles. The SMILES string of the molecule is CC1(C)OC(=O)COC1=O.CC1OC(=O)COC1=O. The van der Waals surface area contributed by atoms with Gasteiger partial charge in [0, 0.05) is 0 Å². The summed E-state index contributed by atoms with van der Waals surface area (Å²) in [6.07, 6.45) is -0.730. The molecule has 1 atom stereocenters. The summed E-state index contributed by atoms with van der Waals surface area (Å²) in [5.74, 6) is -1.95. The van der Waals surface area contributed by atoms with Gasteiger partial charge in [0.05, 0.1) is 0 Å². The molecular formula is C11H14O8. The minimum atomic E-state index is -1.10. The molecule has 1 unspecified atom stereocenters. The fraction of sp³-hybridized carbons (Fsp3) is 0.636. The van der Waals surface area contributed by atoms with Crippen LogP contribution in [0.4, 0.5) is 0 Å². The molecule has 0 amide bonds. The molecule has 0 aromatic heterocycles. The van der Waals surface area contributed by atoms with Gasteiger partial charge in [0.2, 0.25) is 5.60 Å². The molecule has 106 valence electrons. The zero-order valence-corrected chi connectivity index (χ0v) is 10.8. The summed E-state index contributed by atoms with van der Waals surface area (Å²) >= 11 is 0. The highest BCUT2D eigenvalue weighted by molar-refractivity contribution is 5.87. The zero-order chi connectivity index (χ0) is 14.6. The summed E-state index contributed by atoms with van der Waals surface area (Å²) < 4.78 is 18.0. The van der Waals surface area contributed by atoms with Gasteiger partial charge >= 0.3 is 23.9 Å². The molecule has 2 aliphatic rings. The molecule has 0 aromatic rings. The monoisotopic (exact) mass is 274 g/mol. The Labute approximate surface area is 108 Å². The van der Waals surface area contributed by atoms with Gasteiger partial charge in [-0.1, -0.05) is 0 Å². The van der Waals surface area contributed by atoms with E-state index in [0.29, 0.717) is 0 Å². The van der Waals surface area contributed by atoms with E-state index >= 15 is 0 Å². The van der Waals surface area contributed by atoms with Gasteiger partial charge in [0.15, 0.2) is 19.3 Å². The maximum absolute atomic E-state index is 10.8. The molecular weight excluding hydrogens is 260 g/mol. The van der Waals surface area contributed by atoms with Crippen molar-refractivity contribution in [2.75, 3.05) is 13.2 Å². The quantitative estimate of drug-likeness (QED) is 0.423. The van der Waals surface area contributed by atoms with Crippen LogP contribution >= 0.6 is 0 Å². The topological polar surface area (TPSA) is 105 Å². The lowest BCUT2D eigenvalue weighted by Crippen LogP contribution is -2.45. The maximum Gasteiger partial charge on any atom is 0.350 e. The van der Waals surface area contributed by atoms with Crippen molar-refractivity contribution in [2.45, 2.75) is 32.5 Å². The Morgan fingerprint density at radius 2 is 1.58 bits per heavy atom. The van der Waals surface area contributed by atoms with E-state index in [1.165, 1.54) is 20.8 Å². The highest BCUT2D eigenvalue weighted by Crippen LogP contribution is 2.15. The minimum absolute atomic E-state index is 0.247. The third-order valence-electron chi connectivity index (χ3n) is 2.15. The number of carbonyl (C=O) groups excluding carboxylic acids is 4. The summed E-state index contributed by atoms with van der Waals surface area (Å²) in [4.78, 5) is 42.0. The number of ether oxygens (including phenoxy) is 4. The van der Waals surface area contributed by atoms with Crippen LogP contribution < -0.4 is 0 Å². The highest BCUT2D eigenvalue weighted by Gasteiger charge is 2.38. The van der Waals surface area contributed by atoms with E-state index in [2.05, 4.69) is 18.9 Å². The minimum Gasteiger partial charge on any atom is -0.451 e. The molecule has 2 aliphatic heterocycles. The van der Waals surface area contributed by atoms with E-state index < -0.39 is 35.6 Å². The number of hydrogen-bond donors (Lipinski definition) is 0. The van der Waals surface area contributed by atoms with Gasteiger partial charge in [0.25, 0.3) is 0 Å². The smallest absolute Gasteiger partial charge is 0.350 e. The van der Waals surface area contributed by atoms with Crippen molar-refractivity contribution in [2.24, 2.45) is 0 Å². The van der Waals surface area contributed by atoms with E-state index in [0.717, 1.165) is 0 Å². The fourth-order valence-corrected chi connectivity index (χ4v) is 1.18. The Kier molecular flexibility index (Phi) is 4.47. The summed E-state index contributed by atoms with van der Waals surface area (Å²) in [5.41, 5.74) is -1.10. The number of hydrogen-bond acceptors (Lipinski definition) is 8. The molecule has 0 N–H and O–H groups in total. The molecule has 2 heterocycles. The number of esters is 4. The lowest BCUT2D eigenvalue weighted by atomic mass is 10.1. The van der Waals surface area contributed by atoms with Crippen molar-refractivity contribution in [1.82, 2.24) is 0 Å². The van der Waals surface area contributed by atoms with Crippen molar-refractivity contribution in [3.8, 4) is 0 Å². The standard InChI is InChI=1S/C6H8O4.C5H6O4/c1-6(2)5(8)9-3-4(7)10-6;1-3-5(7)8-2-4(6)9-3/h3H2,1-2H3;3H,2H2,1H3. The van der Waals surface area contributed by atoms with Crippen LogP contribution in [0, 0.1) is 0 Å². The Balaban J connectivity index is 0.000000191.